The van der Waals surface area contributed by atoms with Gasteiger partial charge in [-0.3, -0.25) is 4.99 Å². The second-order valence-electron chi connectivity index (χ2n) is 6.02. The average molecular weight is 364 g/mol. The Morgan fingerprint density at radius 2 is 2.12 bits per heavy atom. The highest BCUT2D eigenvalue weighted by Gasteiger charge is 2.17. The van der Waals surface area contributed by atoms with Crippen molar-refractivity contribution in [3.05, 3.63) is 31.7 Å². The average Bonchev–Trinajstić information content (AvgIpc) is 3.21. The fraction of sp³-hybridized carbons (Fsp3) is 0.588. The number of guanidine groups is 1. The van der Waals surface area contributed by atoms with Crippen molar-refractivity contribution in [2.45, 2.75) is 52.1 Å². The summed E-state index contributed by atoms with van der Waals surface area (Å²) in [6, 6.07) is 0. The molecule has 7 heteroatoms. The van der Waals surface area contributed by atoms with Crippen LogP contribution in [0.15, 0.2) is 11.2 Å². The summed E-state index contributed by atoms with van der Waals surface area (Å²) in [4.78, 5) is 18.6. The summed E-state index contributed by atoms with van der Waals surface area (Å²) in [5, 5.41) is 5.70. The number of fused-ring (bicyclic) bond motifs is 1. The Bertz CT molecular complexity index is 680. The van der Waals surface area contributed by atoms with Crippen molar-refractivity contribution in [1.29, 1.82) is 0 Å². The molecule has 0 aromatic carbocycles. The topological polar surface area (TPSA) is 53.4 Å². The maximum Gasteiger partial charge on any atom is 0.194 e. The van der Waals surface area contributed by atoms with Crippen LogP contribution in [0.3, 0.4) is 0 Å². The molecule has 24 heavy (non-hydrogen) atoms. The first-order valence-electron chi connectivity index (χ1n) is 8.52. The standard InChI is InChI=1S/C17H25N5S2/c1-4-12-9-19-15(23-12)10-20-17(18-2)22(3)11-16-21-13-7-5-6-8-14(13)24-16/h9H,4-8,10-11H2,1-3H3,(H,18,20). The molecule has 1 N–H and O–H groups in total. The van der Waals surface area contributed by atoms with Crippen molar-refractivity contribution in [2.75, 3.05) is 14.1 Å². The van der Waals surface area contributed by atoms with Crippen LogP contribution in [0, 0.1) is 0 Å². The van der Waals surface area contributed by atoms with Gasteiger partial charge in [0.1, 0.15) is 10.0 Å². The van der Waals surface area contributed by atoms with Crippen molar-refractivity contribution in [3.8, 4) is 0 Å². The Hall–Kier alpha value is -1.47. The van der Waals surface area contributed by atoms with Crippen LogP contribution in [0.25, 0.3) is 0 Å². The Morgan fingerprint density at radius 3 is 2.83 bits per heavy atom. The van der Waals surface area contributed by atoms with Crippen LogP contribution in [0.4, 0.5) is 0 Å². The summed E-state index contributed by atoms with van der Waals surface area (Å²) >= 11 is 3.63. The van der Waals surface area contributed by atoms with Crippen molar-refractivity contribution in [2.24, 2.45) is 4.99 Å². The number of nitrogens with one attached hydrogen (secondary N) is 1. The van der Waals surface area contributed by atoms with E-state index in [2.05, 4.69) is 34.2 Å². The summed E-state index contributed by atoms with van der Waals surface area (Å²) < 4.78 is 0. The Kier molecular flexibility index (Phi) is 5.84. The summed E-state index contributed by atoms with van der Waals surface area (Å²) in [6.45, 7) is 3.68. The third-order valence-corrected chi connectivity index (χ3v) is 6.47. The van der Waals surface area contributed by atoms with Crippen molar-refractivity contribution < 1.29 is 0 Å². The van der Waals surface area contributed by atoms with E-state index in [1.165, 1.54) is 39.7 Å². The van der Waals surface area contributed by atoms with Gasteiger partial charge in [-0.15, -0.1) is 22.7 Å². The number of rotatable bonds is 5. The van der Waals surface area contributed by atoms with E-state index in [1.807, 2.05) is 24.6 Å². The third-order valence-electron chi connectivity index (χ3n) is 4.18. The molecule has 2 heterocycles. The Morgan fingerprint density at radius 1 is 1.29 bits per heavy atom. The van der Waals surface area contributed by atoms with Gasteiger partial charge in [0, 0.05) is 30.0 Å². The van der Waals surface area contributed by atoms with E-state index in [0.29, 0.717) is 0 Å². The van der Waals surface area contributed by atoms with Crippen LogP contribution in [0.1, 0.15) is 45.2 Å². The molecule has 2 aromatic heterocycles. The molecule has 0 amide bonds. The SMILES string of the molecule is CCc1cnc(CNC(=NC)N(C)Cc2nc3c(s2)CCCC3)s1. The fourth-order valence-corrected chi connectivity index (χ4v) is 4.90. The summed E-state index contributed by atoms with van der Waals surface area (Å²) in [5.41, 5.74) is 1.33. The predicted molar refractivity (Wildman–Crippen MR) is 102 cm³/mol. The minimum absolute atomic E-state index is 0.718. The summed E-state index contributed by atoms with van der Waals surface area (Å²) in [5.74, 6) is 0.886. The first-order valence-corrected chi connectivity index (χ1v) is 10.2. The first kappa shape index (κ1) is 17.4. The predicted octanol–water partition coefficient (Wildman–Crippen LogP) is 3.25. The molecule has 0 aliphatic heterocycles. The molecule has 0 bridgehead atoms. The van der Waals surface area contributed by atoms with E-state index >= 15 is 0 Å². The van der Waals surface area contributed by atoms with Crippen LogP contribution >= 0.6 is 22.7 Å². The minimum atomic E-state index is 0.718. The second kappa shape index (κ2) is 8.07. The maximum atomic E-state index is 4.82. The van der Waals surface area contributed by atoms with E-state index in [4.69, 9.17) is 4.98 Å². The Labute approximate surface area is 151 Å². The van der Waals surface area contributed by atoms with Gasteiger partial charge in [-0.05, 0) is 32.1 Å². The number of thiazole rings is 2. The molecule has 1 aliphatic rings. The second-order valence-corrected chi connectivity index (χ2v) is 8.38. The van der Waals surface area contributed by atoms with E-state index in [0.717, 1.165) is 36.9 Å². The quantitative estimate of drug-likeness (QED) is 0.654. The highest BCUT2D eigenvalue weighted by atomic mass is 32.1. The number of aliphatic imine (C=N–C) groups is 1. The molecule has 1 aliphatic carbocycles. The summed E-state index contributed by atoms with van der Waals surface area (Å²) in [6.07, 6.45) is 7.94. The molecule has 0 atom stereocenters. The van der Waals surface area contributed by atoms with Crippen molar-refractivity contribution >= 4 is 28.6 Å². The van der Waals surface area contributed by atoms with Crippen molar-refractivity contribution in [1.82, 2.24) is 20.2 Å². The lowest BCUT2D eigenvalue weighted by atomic mass is 10.0. The Balaban J connectivity index is 1.57. The molecule has 0 radical (unpaired) electrons. The third kappa shape index (κ3) is 4.13. The highest BCUT2D eigenvalue weighted by Crippen LogP contribution is 2.27. The van der Waals surface area contributed by atoms with Gasteiger partial charge in [0.05, 0.1) is 18.8 Å². The van der Waals surface area contributed by atoms with Crippen LogP contribution in [-0.2, 0) is 32.4 Å². The largest absolute Gasteiger partial charge is 0.350 e. The van der Waals surface area contributed by atoms with Gasteiger partial charge in [0.2, 0.25) is 0 Å². The first-order chi connectivity index (χ1) is 11.7. The van der Waals surface area contributed by atoms with Crippen LogP contribution in [0.5, 0.6) is 0 Å². The zero-order valence-electron chi connectivity index (χ0n) is 14.6. The fourth-order valence-electron chi connectivity index (χ4n) is 2.88. The van der Waals surface area contributed by atoms with Gasteiger partial charge in [-0.2, -0.15) is 0 Å². The van der Waals surface area contributed by atoms with E-state index in [9.17, 15) is 0 Å². The monoisotopic (exact) mass is 363 g/mol. The lowest BCUT2D eigenvalue weighted by Gasteiger charge is -2.20. The van der Waals surface area contributed by atoms with Gasteiger partial charge in [0.25, 0.3) is 0 Å². The molecule has 130 valence electrons. The normalized spacial score (nSPS) is 14.5. The van der Waals surface area contributed by atoms with Crippen LogP contribution < -0.4 is 5.32 Å². The van der Waals surface area contributed by atoms with E-state index in [-0.39, 0.29) is 0 Å². The lowest BCUT2D eigenvalue weighted by molar-refractivity contribution is 0.474. The molecule has 0 saturated heterocycles. The zero-order chi connectivity index (χ0) is 16.9. The molecule has 2 aromatic rings. The minimum Gasteiger partial charge on any atom is -0.350 e. The molecule has 0 saturated carbocycles. The molecule has 5 nitrogen and oxygen atoms in total. The zero-order valence-corrected chi connectivity index (χ0v) is 16.3. The molecule has 0 fully saturated rings. The van der Waals surface area contributed by atoms with Crippen molar-refractivity contribution in [3.63, 3.8) is 0 Å². The van der Waals surface area contributed by atoms with E-state index in [1.54, 1.807) is 11.3 Å². The van der Waals surface area contributed by atoms with Gasteiger partial charge in [-0.25, -0.2) is 9.97 Å². The smallest absolute Gasteiger partial charge is 0.194 e. The molecular formula is C17H25N5S2. The lowest BCUT2D eigenvalue weighted by Crippen LogP contribution is -2.38. The summed E-state index contributed by atoms with van der Waals surface area (Å²) in [7, 11) is 3.89. The van der Waals surface area contributed by atoms with Gasteiger partial charge >= 0.3 is 0 Å². The number of aromatic nitrogens is 2. The van der Waals surface area contributed by atoms with Gasteiger partial charge in [0.15, 0.2) is 5.96 Å². The maximum absolute atomic E-state index is 4.82. The van der Waals surface area contributed by atoms with Gasteiger partial charge in [-0.1, -0.05) is 6.92 Å². The molecule has 0 unspecified atom stereocenters. The number of hydrogen-bond acceptors (Lipinski definition) is 5. The molecule has 3 rings (SSSR count). The van der Waals surface area contributed by atoms with Crippen LogP contribution in [0.2, 0.25) is 0 Å². The molecule has 0 spiro atoms. The van der Waals surface area contributed by atoms with Crippen LogP contribution in [-0.4, -0.2) is 34.9 Å². The number of hydrogen-bond donors (Lipinski definition) is 1. The van der Waals surface area contributed by atoms with Gasteiger partial charge < -0.3 is 10.2 Å². The van der Waals surface area contributed by atoms with E-state index < -0.39 is 0 Å². The highest BCUT2D eigenvalue weighted by molar-refractivity contribution is 7.12. The number of nitrogens with zero attached hydrogens (tertiary/aromatic N) is 4. The number of aryl methyl sites for hydroxylation is 3. The molecular weight excluding hydrogens is 338 g/mol.